The Morgan fingerprint density at radius 2 is 2.33 bits per heavy atom. The largest absolute Gasteiger partial charge is 0.396 e. The maximum absolute atomic E-state index is 9.18. The van der Waals surface area contributed by atoms with Crippen molar-refractivity contribution in [1.82, 2.24) is 4.90 Å². The zero-order valence-electron chi connectivity index (χ0n) is 9.52. The Balaban J connectivity index is 2.07. The number of rotatable bonds is 3. The molecule has 1 aliphatic carbocycles. The van der Waals surface area contributed by atoms with Gasteiger partial charge in [0.15, 0.2) is 0 Å². The minimum atomic E-state index is 0.235. The fraction of sp³-hybridized carbons (Fsp3) is 0.692. The second-order valence-corrected chi connectivity index (χ2v) is 4.73. The molecule has 0 amide bonds. The second kappa shape index (κ2) is 4.50. The van der Waals surface area contributed by atoms with E-state index in [4.69, 9.17) is 0 Å². The Labute approximate surface area is 92.3 Å². The number of nitrogens with zero attached hydrogens (tertiary/aromatic N) is 1. The van der Waals surface area contributed by atoms with Gasteiger partial charge in [0.2, 0.25) is 0 Å². The quantitative estimate of drug-likeness (QED) is 0.765. The van der Waals surface area contributed by atoms with Gasteiger partial charge < -0.3 is 5.11 Å². The molecule has 1 aliphatic heterocycles. The molecule has 2 aliphatic rings. The van der Waals surface area contributed by atoms with Gasteiger partial charge in [0.1, 0.15) is 0 Å². The molecule has 0 saturated carbocycles. The molecule has 2 nitrogen and oxygen atoms in total. The Hall–Kier alpha value is -0.600. The summed E-state index contributed by atoms with van der Waals surface area (Å²) in [5, 5.41) is 9.18. The molecule has 84 valence electrons. The third kappa shape index (κ3) is 2.01. The van der Waals surface area contributed by atoms with Crippen LogP contribution in [-0.2, 0) is 0 Å². The highest BCUT2D eigenvalue weighted by Gasteiger charge is 2.36. The first-order chi connectivity index (χ1) is 7.30. The molecule has 0 aromatic carbocycles. The zero-order chi connectivity index (χ0) is 10.7. The van der Waals surface area contributed by atoms with E-state index in [1.807, 2.05) is 0 Å². The lowest BCUT2D eigenvalue weighted by Gasteiger charge is -2.39. The van der Waals surface area contributed by atoms with Gasteiger partial charge in [-0.25, -0.2) is 0 Å². The molecule has 2 heteroatoms. The molecule has 0 spiro atoms. The van der Waals surface area contributed by atoms with Gasteiger partial charge in [-0.3, -0.25) is 4.90 Å². The number of aliphatic hydroxyl groups is 1. The maximum atomic E-state index is 9.18. The van der Waals surface area contributed by atoms with E-state index in [1.54, 1.807) is 0 Å². The summed E-state index contributed by atoms with van der Waals surface area (Å²) in [5.41, 5.74) is 0.235. The number of aliphatic hydroxyl groups excluding tert-OH is 1. The summed E-state index contributed by atoms with van der Waals surface area (Å²) in [6, 6.07) is 0. The van der Waals surface area contributed by atoms with Crippen LogP contribution in [0.5, 0.6) is 0 Å². The highest BCUT2D eigenvalue weighted by atomic mass is 16.3. The highest BCUT2D eigenvalue weighted by molar-refractivity contribution is 5.21. The molecule has 0 radical (unpaired) electrons. The first kappa shape index (κ1) is 10.9. The minimum absolute atomic E-state index is 0.235. The average molecular weight is 207 g/mol. The number of likely N-dealkylation sites (tertiary alicyclic amines) is 1. The summed E-state index contributed by atoms with van der Waals surface area (Å²) >= 11 is 0. The van der Waals surface area contributed by atoms with Crippen molar-refractivity contribution in [2.45, 2.75) is 31.7 Å². The molecule has 2 rings (SSSR count). The van der Waals surface area contributed by atoms with Crippen molar-refractivity contribution in [1.29, 1.82) is 0 Å². The smallest absolute Gasteiger partial charge is 0.0471 e. The van der Waals surface area contributed by atoms with Crippen LogP contribution in [-0.4, -0.2) is 35.2 Å². The molecule has 1 saturated heterocycles. The van der Waals surface area contributed by atoms with Crippen LogP contribution in [0.4, 0.5) is 0 Å². The molecule has 0 aromatic heterocycles. The van der Waals surface area contributed by atoms with Crippen LogP contribution < -0.4 is 0 Å². The summed E-state index contributed by atoms with van der Waals surface area (Å²) in [4.78, 5) is 2.55. The van der Waals surface area contributed by atoms with Gasteiger partial charge in [-0.1, -0.05) is 31.2 Å². The summed E-state index contributed by atoms with van der Waals surface area (Å²) in [5.74, 6) is 0.493. The van der Waals surface area contributed by atoms with Crippen molar-refractivity contribution in [3.63, 3.8) is 0 Å². The third-order valence-corrected chi connectivity index (χ3v) is 3.91. The molecule has 1 fully saturated rings. The third-order valence-electron chi connectivity index (χ3n) is 3.91. The van der Waals surface area contributed by atoms with Crippen molar-refractivity contribution in [2.24, 2.45) is 5.92 Å². The van der Waals surface area contributed by atoms with Crippen molar-refractivity contribution in [3.05, 3.63) is 24.3 Å². The topological polar surface area (TPSA) is 23.5 Å². The van der Waals surface area contributed by atoms with Gasteiger partial charge in [-0.05, 0) is 31.7 Å². The Morgan fingerprint density at radius 1 is 1.47 bits per heavy atom. The maximum Gasteiger partial charge on any atom is 0.0471 e. The predicted molar refractivity (Wildman–Crippen MR) is 62.7 cm³/mol. The van der Waals surface area contributed by atoms with Crippen LogP contribution in [0.1, 0.15) is 26.2 Å². The molecular formula is C13H21NO. The standard InChI is InChI=1S/C13H21NO/c1-2-13(7-4-3-5-8-13)14-9-6-12(10-14)11-15/h3-5,7,12,15H,2,6,8-11H2,1H3/t12-,13+/m0/s1. The van der Waals surface area contributed by atoms with Gasteiger partial charge in [0, 0.05) is 18.7 Å². The molecule has 0 aromatic rings. The van der Waals surface area contributed by atoms with Gasteiger partial charge in [0.05, 0.1) is 0 Å². The number of allylic oxidation sites excluding steroid dienone is 2. The number of hydrogen-bond donors (Lipinski definition) is 1. The van der Waals surface area contributed by atoms with E-state index in [0.29, 0.717) is 12.5 Å². The monoisotopic (exact) mass is 207 g/mol. The van der Waals surface area contributed by atoms with E-state index in [9.17, 15) is 5.11 Å². The highest BCUT2D eigenvalue weighted by Crippen LogP contribution is 2.33. The van der Waals surface area contributed by atoms with Gasteiger partial charge in [-0.15, -0.1) is 0 Å². The summed E-state index contributed by atoms with van der Waals surface area (Å²) in [6.07, 6.45) is 12.3. The molecule has 0 unspecified atom stereocenters. The zero-order valence-corrected chi connectivity index (χ0v) is 9.52. The average Bonchev–Trinajstić information content (AvgIpc) is 2.79. The second-order valence-electron chi connectivity index (χ2n) is 4.73. The van der Waals surface area contributed by atoms with Crippen LogP contribution in [0.15, 0.2) is 24.3 Å². The van der Waals surface area contributed by atoms with Crippen molar-refractivity contribution >= 4 is 0 Å². The van der Waals surface area contributed by atoms with Crippen LogP contribution in [0.25, 0.3) is 0 Å². The Kier molecular flexibility index (Phi) is 3.27. The number of hydrogen-bond acceptors (Lipinski definition) is 2. The molecule has 1 N–H and O–H groups in total. The Bertz CT molecular complexity index is 272. The Morgan fingerprint density at radius 3 is 2.87 bits per heavy atom. The predicted octanol–water partition coefficient (Wildman–Crippen LogP) is 1.97. The molecule has 0 bridgehead atoms. The van der Waals surface area contributed by atoms with Crippen LogP contribution in [0.3, 0.4) is 0 Å². The molecule has 1 heterocycles. The summed E-state index contributed by atoms with van der Waals surface area (Å²) in [6.45, 7) is 4.80. The fourth-order valence-electron chi connectivity index (χ4n) is 2.76. The minimum Gasteiger partial charge on any atom is -0.396 e. The molecule has 15 heavy (non-hydrogen) atoms. The van der Waals surface area contributed by atoms with E-state index in [2.05, 4.69) is 36.1 Å². The molecule has 2 atom stereocenters. The lowest BCUT2D eigenvalue weighted by atomic mass is 9.87. The van der Waals surface area contributed by atoms with E-state index in [-0.39, 0.29) is 5.54 Å². The normalized spacial score (nSPS) is 36.3. The first-order valence-corrected chi connectivity index (χ1v) is 6.01. The van der Waals surface area contributed by atoms with Gasteiger partial charge in [-0.2, -0.15) is 0 Å². The van der Waals surface area contributed by atoms with E-state index >= 15 is 0 Å². The van der Waals surface area contributed by atoms with Crippen molar-refractivity contribution < 1.29 is 5.11 Å². The van der Waals surface area contributed by atoms with Crippen molar-refractivity contribution in [3.8, 4) is 0 Å². The summed E-state index contributed by atoms with van der Waals surface area (Å²) in [7, 11) is 0. The van der Waals surface area contributed by atoms with E-state index in [1.165, 1.54) is 0 Å². The van der Waals surface area contributed by atoms with Gasteiger partial charge >= 0.3 is 0 Å². The fourth-order valence-corrected chi connectivity index (χ4v) is 2.76. The SMILES string of the molecule is CC[C@@]1(N2CC[C@H](CO)C2)C=CC=CC1. The van der Waals surface area contributed by atoms with Gasteiger partial charge in [0.25, 0.3) is 0 Å². The van der Waals surface area contributed by atoms with E-state index in [0.717, 1.165) is 32.4 Å². The van der Waals surface area contributed by atoms with Crippen LogP contribution >= 0.6 is 0 Å². The van der Waals surface area contributed by atoms with Crippen LogP contribution in [0, 0.1) is 5.92 Å². The summed E-state index contributed by atoms with van der Waals surface area (Å²) < 4.78 is 0. The first-order valence-electron chi connectivity index (χ1n) is 6.01. The molecular weight excluding hydrogens is 186 g/mol. The van der Waals surface area contributed by atoms with Crippen LogP contribution in [0.2, 0.25) is 0 Å². The van der Waals surface area contributed by atoms with Crippen molar-refractivity contribution in [2.75, 3.05) is 19.7 Å². The lowest BCUT2D eigenvalue weighted by Crippen LogP contribution is -2.46. The lowest BCUT2D eigenvalue weighted by molar-refractivity contribution is 0.143. The van der Waals surface area contributed by atoms with E-state index < -0.39 is 0 Å².